The SMILES string of the molecule is N[C@H]1[C@H](OC2[C@@H](CO)O[C@@H](O)[C@H](N)[C@H]2O)O[C@H](CO)C(O[C@@H]2O[C@H](CO)[C@H](O)[C@](N)(O)[C@H]2N)[C@@H]1O. The van der Waals surface area contributed by atoms with Gasteiger partial charge in [-0.25, -0.2) is 0 Å². The zero-order chi connectivity index (χ0) is 26.2. The molecule has 0 saturated carbocycles. The van der Waals surface area contributed by atoms with Crippen LogP contribution < -0.4 is 22.9 Å². The summed E-state index contributed by atoms with van der Waals surface area (Å²) in [5.74, 6) is 0. The first kappa shape index (κ1) is 28.9. The molecule has 3 rings (SSSR count). The number of hydrogen-bond acceptors (Lipinski definition) is 17. The fourth-order valence-electron chi connectivity index (χ4n) is 4.26. The topological polar surface area (TPSA) is 312 Å². The van der Waals surface area contributed by atoms with E-state index in [0.717, 1.165) is 0 Å². The van der Waals surface area contributed by atoms with Crippen molar-refractivity contribution in [3.8, 4) is 0 Å². The van der Waals surface area contributed by atoms with Gasteiger partial charge < -0.3 is 81.7 Å². The Morgan fingerprint density at radius 1 is 0.686 bits per heavy atom. The molecule has 15 atom stereocenters. The van der Waals surface area contributed by atoms with Gasteiger partial charge in [0.15, 0.2) is 24.6 Å². The summed E-state index contributed by atoms with van der Waals surface area (Å²) < 4.78 is 27.4. The fourth-order valence-corrected chi connectivity index (χ4v) is 4.26. The Morgan fingerprint density at radius 3 is 1.69 bits per heavy atom. The van der Waals surface area contributed by atoms with Crippen molar-refractivity contribution in [2.24, 2.45) is 22.9 Å². The van der Waals surface area contributed by atoms with Crippen LogP contribution in [0.3, 0.4) is 0 Å². The first-order valence-electron chi connectivity index (χ1n) is 11.0. The Morgan fingerprint density at radius 2 is 1.14 bits per heavy atom. The van der Waals surface area contributed by atoms with Gasteiger partial charge in [0.25, 0.3) is 0 Å². The number of aliphatic hydroxyl groups is 8. The maximum absolute atomic E-state index is 10.8. The van der Waals surface area contributed by atoms with Crippen molar-refractivity contribution in [3.05, 3.63) is 0 Å². The predicted octanol–water partition coefficient (Wildman–Crippen LogP) is -8.39. The molecule has 0 spiro atoms. The summed E-state index contributed by atoms with van der Waals surface area (Å²) in [6.45, 7) is -2.15. The minimum absolute atomic E-state index is 0.665. The summed E-state index contributed by atoms with van der Waals surface area (Å²) >= 11 is 0. The van der Waals surface area contributed by atoms with Gasteiger partial charge in [0, 0.05) is 0 Å². The second-order valence-electron chi connectivity index (χ2n) is 8.89. The van der Waals surface area contributed by atoms with Crippen LogP contribution in [-0.2, 0) is 23.7 Å². The van der Waals surface area contributed by atoms with E-state index in [2.05, 4.69) is 0 Å². The van der Waals surface area contributed by atoms with E-state index >= 15 is 0 Å². The standard InChI is InChI=1S/C18H36N4O13/c19-7-9(26)11(4(1-23)31-15(7)29)34-16-8(20)10(27)12(5(2-24)32-16)35-17-13(21)18(22,30)14(28)6(3-25)33-17/h4-17,23-30H,1-3,19-22H2/t4-,5-,6-,7-,8-,9-,10-,11?,12?,13+,14+,15-,16+,17+,18-/m1/s1. The van der Waals surface area contributed by atoms with Crippen LogP contribution in [0.5, 0.6) is 0 Å². The second kappa shape index (κ2) is 11.4. The van der Waals surface area contributed by atoms with E-state index in [4.69, 9.17) is 46.6 Å². The lowest BCUT2D eigenvalue weighted by Crippen LogP contribution is -2.75. The van der Waals surface area contributed by atoms with Gasteiger partial charge in [0.05, 0.1) is 31.9 Å². The van der Waals surface area contributed by atoms with Gasteiger partial charge in [0.2, 0.25) is 0 Å². The van der Waals surface area contributed by atoms with Gasteiger partial charge in [0.1, 0.15) is 54.9 Å². The van der Waals surface area contributed by atoms with Crippen LogP contribution >= 0.6 is 0 Å². The predicted molar refractivity (Wildman–Crippen MR) is 110 cm³/mol. The lowest BCUT2D eigenvalue weighted by Gasteiger charge is -2.50. The first-order valence-corrected chi connectivity index (χ1v) is 11.0. The molecule has 3 aliphatic rings. The number of aliphatic hydroxyl groups excluding tert-OH is 7. The summed E-state index contributed by atoms with van der Waals surface area (Å²) in [4.78, 5) is 0. The van der Waals surface area contributed by atoms with Crippen LogP contribution in [-0.4, -0.2) is 152 Å². The van der Waals surface area contributed by atoms with Gasteiger partial charge in [-0.3, -0.25) is 5.73 Å². The monoisotopic (exact) mass is 516 g/mol. The van der Waals surface area contributed by atoms with Gasteiger partial charge >= 0.3 is 0 Å². The van der Waals surface area contributed by atoms with Crippen LogP contribution in [0, 0.1) is 0 Å². The van der Waals surface area contributed by atoms with E-state index in [1.54, 1.807) is 0 Å². The maximum Gasteiger partial charge on any atom is 0.178 e. The Hall–Kier alpha value is -0.680. The summed E-state index contributed by atoms with van der Waals surface area (Å²) in [6, 6.07) is -4.20. The molecule has 17 heteroatoms. The summed E-state index contributed by atoms with van der Waals surface area (Å²) in [5, 5.41) is 80.2. The van der Waals surface area contributed by atoms with Crippen molar-refractivity contribution in [1.82, 2.24) is 0 Å². The van der Waals surface area contributed by atoms with E-state index in [-0.39, 0.29) is 0 Å². The number of nitrogens with two attached hydrogens (primary N) is 4. The molecule has 0 amide bonds. The Balaban J connectivity index is 1.74. The number of hydrogen-bond donors (Lipinski definition) is 12. The molecule has 0 aromatic rings. The molecule has 16 N–H and O–H groups in total. The van der Waals surface area contributed by atoms with Gasteiger partial charge in [-0.1, -0.05) is 0 Å². The quantitative estimate of drug-likeness (QED) is 0.140. The van der Waals surface area contributed by atoms with Crippen LogP contribution in [0.15, 0.2) is 0 Å². The molecule has 0 aromatic carbocycles. The van der Waals surface area contributed by atoms with E-state index in [1.165, 1.54) is 0 Å². The van der Waals surface area contributed by atoms with Crippen LogP contribution in [0.4, 0.5) is 0 Å². The van der Waals surface area contributed by atoms with Crippen LogP contribution in [0.25, 0.3) is 0 Å². The third-order valence-corrected chi connectivity index (χ3v) is 6.55. The normalized spacial score (nSPS) is 53.5. The van der Waals surface area contributed by atoms with E-state index in [1.807, 2.05) is 0 Å². The highest BCUT2D eigenvalue weighted by molar-refractivity contribution is 5.02. The summed E-state index contributed by atoms with van der Waals surface area (Å²) in [5.41, 5.74) is 20.9. The van der Waals surface area contributed by atoms with Crippen LogP contribution in [0.2, 0.25) is 0 Å². The average Bonchev–Trinajstić information content (AvgIpc) is 2.83. The summed E-state index contributed by atoms with van der Waals surface area (Å²) in [7, 11) is 0. The molecular formula is C18H36N4O13. The molecule has 3 fully saturated rings. The van der Waals surface area contributed by atoms with Crippen LogP contribution in [0.1, 0.15) is 0 Å². The van der Waals surface area contributed by atoms with Crippen molar-refractivity contribution in [2.75, 3.05) is 19.8 Å². The fraction of sp³-hybridized carbons (Fsp3) is 1.00. The molecule has 3 saturated heterocycles. The van der Waals surface area contributed by atoms with E-state index in [9.17, 15) is 40.9 Å². The molecule has 3 heterocycles. The van der Waals surface area contributed by atoms with Crippen molar-refractivity contribution in [3.63, 3.8) is 0 Å². The molecule has 0 bridgehead atoms. The van der Waals surface area contributed by atoms with Crippen molar-refractivity contribution in [2.45, 2.75) is 91.6 Å². The Labute approximate surface area is 199 Å². The van der Waals surface area contributed by atoms with Crippen molar-refractivity contribution < 1.29 is 64.5 Å². The molecule has 0 radical (unpaired) electrons. The first-order chi connectivity index (χ1) is 16.4. The second-order valence-corrected chi connectivity index (χ2v) is 8.89. The molecule has 0 aromatic heterocycles. The molecular weight excluding hydrogens is 480 g/mol. The van der Waals surface area contributed by atoms with E-state index in [0.29, 0.717) is 0 Å². The highest BCUT2D eigenvalue weighted by Crippen LogP contribution is 2.32. The molecule has 0 aliphatic carbocycles. The molecule has 17 nitrogen and oxygen atoms in total. The molecule has 3 aliphatic heterocycles. The minimum atomic E-state index is -2.43. The van der Waals surface area contributed by atoms with E-state index < -0.39 is 111 Å². The minimum Gasteiger partial charge on any atom is -0.394 e. The van der Waals surface area contributed by atoms with Gasteiger partial charge in [-0.15, -0.1) is 0 Å². The zero-order valence-electron chi connectivity index (χ0n) is 18.6. The third-order valence-electron chi connectivity index (χ3n) is 6.55. The highest BCUT2D eigenvalue weighted by Gasteiger charge is 2.55. The highest BCUT2D eigenvalue weighted by atomic mass is 16.7. The molecule has 2 unspecified atom stereocenters. The zero-order valence-corrected chi connectivity index (χ0v) is 18.6. The largest absolute Gasteiger partial charge is 0.394 e. The maximum atomic E-state index is 10.8. The molecule has 206 valence electrons. The summed E-state index contributed by atoms with van der Waals surface area (Å²) in [6.07, 6.45) is -16.1. The van der Waals surface area contributed by atoms with Crippen molar-refractivity contribution >= 4 is 0 Å². The number of rotatable bonds is 7. The Bertz CT molecular complexity index is 691. The third kappa shape index (κ3) is 5.47. The smallest absolute Gasteiger partial charge is 0.178 e. The number of ether oxygens (including phenoxy) is 5. The Kier molecular flexibility index (Phi) is 9.39. The average molecular weight is 517 g/mol. The lowest BCUT2D eigenvalue weighted by atomic mass is 9.91. The van der Waals surface area contributed by atoms with Gasteiger partial charge in [-0.05, 0) is 0 Å². The molecule has 35 heavy (non-hydrogen) atoms. The van der Waals surface area contributed by atoms with Gasteiger partial charge in [-0.2, -0.15) is 0 Å². The van der Waals surface area contributed by atoms with Crippen molar-refractivity contribution in [1.29, 1.82) is 0 Å². The lowest BCUT2D eigenvalue weighted by molar-refractivity contribution is -0.354.